The van der Waals surface area contributed by atoms with Gasteiger partial charge in [0.15, 0.2) is 36.7 Å². The molecule has 2 aliphatic rings. The van der Waals surface area contributed by atoms with E-state index in [0.29, 0.717) is 41.4 Å². The molecule has 7 rings (SSSR count). The number of methoxy groups -OCH3 is 2. The van der Waals surface area contributed by atoms with E-state index in [9.17, 15) is 42.3 Å². The van der Waals surface area contributed by atoms with Crippen LogP contribution in [0, 0.1) is 0 Å². The van der Waals surface area contributed by atoms with Crippen LogP contribution in [-0.2, 0) is 43.3 Å². The molecular formula is C48H55N7O14S. The van der Waals surface area contributed by atoms with Crippen LogP contribution in [0.2, 0.25) is 0 Å². The van der Waals surface area contributed by atoms with Crippen LogP contribution in [0.1, 0.15) is 73.5 Å². The maximum Gasteiger partial charge on any atom is 0.328 e. The number of rotatable bonds is 23. The largest absolute Gasteiger partial charge is 0.493 e. The van der Waals surface area contributed by atoms with Gasteiger partial charge in [0.05, 0.1) is 41.4 Å². The Hall–Kier alpha value is -7.59. The standard InChI is InChI=1S/C48H55N7O14S/c1-53-35-25-33(52-70(63,64)31-18-20-37(65-3)40(24-31)66-4)39(26-36(35)54(2)48(53)62)69-30-16-14-29(15-17-30)67-27-42(57)49-22-9-7-5-6-8-10-23-50-43(58)28-68-38-13-11-12-32-44(38)47(61)55(46(32)60)34-19-21-41(56)51-45(34)59/h11-18,20,24-26,34,46,52,60H,5-10,19,21-23,27-28H2,1-4H3,(H,49,57)(H,50,58)(H,51,56,59). The van der Waals surface area contributed by atoms with E-state index in [0.717, 1.165) is 43.4 Å². The molecule has 0 aliphatic carbocycles. The summed E-state index contributed by atoms with van der Waals surface area (Å²) in [6.07, 6.45) is 3.90. The number of aliphatic hydroxyl groups is 1. The molecule has 5 aromatic rings. The summed E-state index contributed by atoms with van der Waals surface area (Å²) in [5, 5.41) is 18.7. The maximum absolute atomic E-state index is 13.6. The lowest BCUT2D eigenvalue weighted by molar-refractivity contribution is -0.139. The average molecular weight is 986 g/mol. The molecule has 0 saturated carbocycles. The van der Waals surface area contributed by atoms with E-state index in [2.05, 4.69) is 20.7 Å². The number of hydrogen-bond acceptors (Lipinski definition) is 14. The number of hydrogen-bond donors (Lipinski definition) is 5. The van der Waals surface area contributed by atoms with E-state index in [4.69, 9.17) is 23.7 Å². The molecule has 2 aliphatic heterocycles. The molecule has 70 heavy (non-hydrogen) atoms. The quantitative estimate of drug-likeness (QED) is 0.0461. The summed E-state index contributed by atoms with van der Waals surface area (Å²) in [5.41, 5.74) is 1.07. The van der Waals surface area contributed by atoms with Gasteiger partial charge in [-0.3, -0.25) is 48.0 Å². The van der Waals surface area contributed by atoms with Crippen LogP contribution < -0.4 is 50.0 Å². The fraction of sp³-hybridized carbons (Fsp3) is 0.375. The van der Waals surface area contributed by atoms with E-state index < -0.39 is 40.0 Å². The first-order valence-corrected chi connectivity index (χ1v) is 24.1. The lowest BCUT2D eigenvalue weighted by atomic mass is 10.0. The van der Waals surface area contributed by atoms with Crippen LogP contribution in [0.4, 0.5) is 5.69 Å². The van der Waals surface area contributed by atoms with Crippen molar-refractivity contribution in [3.63, 3.8) is 0 Å². The molecule has 5 amide bonds. The zero-order valence-electron chi connectivity index (χ0n) is 39.1. The molecule has 1 aromatic heterocycles. The van der Waals surface area contributed by atoms with Gasteiger partial charge < -0.3 is 39.4 Å². The van der Waals surface area contributed by atoms with E-state index in [1.165, 1.54) is 53.7 Å². The average Bonchev–Trinajstić information content (AvgIpc) is 3.72. The minimum Gasteiger partial charge on any atom is -0.493 e. The number of nitrogens with zero attached hydrogens (tertiary/aromatic N) is 3. The Bertz CT molecular complexity index is 2950. The molecule has 372 valence electrons. The van der Waals surface area contributed by atoms with Gasteiger partial charge in [0.2, 0.25) is 11.8 Å². The third-order valence-electron chi connectivity index (χ3n) is 11.9. The first-order valence-electron chi connectivity index (χ1n) is 22.6. The van der Waals surface area contributed by atoms with Crippen LogP contribution in [0.25, 0.3) is 11.0 Å². The van der Waals surface area contributed by atoms with E-state index in [1.54, 1.807) is 56.6 Å². The number of fused-ring (bicyclic) bond motifs is 2. The van der Waals surface area contributed by atoms with Crippen LogP contribution in [-0.4, -0.2) is 104 Å². The molecule has 3 heterocycles. The summed E-state index contributed by atoms with van der Waals surface area (Å²) in [5.74, 6) is -0.838. The first-order chi connectivity index (χ1) is 33.6. The lowest BCUT2D eigenvalue weighted by Crippen LogP contribution is -2.53. The molecule has 1 saturated heterocycles. The van der Waals surface area contributed by atoms with Gasteiger partial charge in [0.1, 0.15) is 23.3 Å². The summed E-state index contributed by atoms with van der Waals surface area (Å²) in [6.45, 7) is 0.346. The molecule has 2 unspecified atom stereocenters. The number of sulfonamides is 1. The van der Waals surface area contributed by atoms with Crippen LogP contribution >= 0.6 is 0 Å². The number of carbonyl (C=O) groups excluding carboxylic acids is 5. The number of benzene rings is 4. The molecular weight excluding hydrogens is 931 g/mol. The smallest absolute Gasteiger partial charge is 0.328 e. The fourth-order valence-electron chi connectivity index (χ4n) is 8.18. The van der Waals surface area contributed by atoms with Crippen molar-refractivity contribution in [2.75, 3.05) is 45.2 Å². The summed E-state index contributed by atoms with van der Waals surface area (Å²) < 4.78 is 60.7. The zero-order chi connectivity index (χ0) is 50.1. The number of unbranched alkanes of at least 4 members (excludes halogenated alkanes) is 5. The predicted molar refractivity (Wildman–Crippen MR) is 253 cm³/mol. The summed E-state index contributed by atoms with van der Waals surface area (Å²) in [6, 6.07) is 17.3. The van der Waals surface area contributed by atoms with E-state index in [1.807, 2.05) is 0 Å². The van der Waals surface area contributed by atoms with E-state index >= 15 is 0 Å². The number of aromatic nitrogens is 2. The molecule has 0 radical (unpaired) electrons. The van der Waals surface area contributed by atoms with Gasteiger partial charge in [0.25, 0.3) is 27.7 Å². The number of aliphatic hydroxyl groups excluding tert-OH is 1. The molecule has 0 bridgehead atoms. The molecule has 1 fully saturated rings. The normalized spacial score (nSPS) is 15.6. The number of imide groups is 1. The number of carbonyl (C=O) groups is 5. The van der Waals surface area contributed by atoms with Gasteiger partial charge in [-0.1, -0.05) is 37.8 Å². The SMILES string of the molecule is COc1ccc(S(=O)(=O)Nc2cc3c(cc2Oc2ccc(OCC(=O)NCCCCCCCCNC(=O)COc4cccc5c4C(=O)N(C4CCC(=O)NC4=O)C5O)cc2)n(C)c(=O)n3C)cc1OC. The van der Waals surface area contributed by atoms with Crippen molar-refractivity contribution in [2.24, 2.45) is 14.1 Å². The third kappa shape index (κ3) is 11.5. The fourth-order valence-corrected chi connectivity index (χ4v) is 9.25. The Morgan fingerprint density at radius 1 is 0.729 bits per heavy atom. The Labute approximate surface area is 403 Å². The lowest BCUT2D eigenvalue weighted by Gasteiger charge is -2.31. The Balaban J connectivity index is 0.787. The summed E-state index contributed by atoms with van der Waals surface area (Å²) in [4.78, 5) is 76.0. The van der Waals surface area contributed by atoms with Crippen molar-refractivity contribution >= 4 is 56.3 Å². The van der Waals surface area contributed by atoms with Crippen LogP contribution in [0.5, 0.6) is 34.5 Å². The highest BCUT2D eigenvalue weighted by molar-refractivity contribution is 7.92. The topological polar surface area (TPSA) is 264 Å². The first kappa shape index (κ1) is 50.3. The van der Waals surface area contributed by atoms with Crippen molar-refractivity contribution in [1.82, 2.24) is 30.0 Å². The minimum atomic E-state index is -4.18. The van der Waals surface area contributed by atoms with Gasteiger partial charge in [-0.25, -0.2) is 13.2 Å². The molecule has 21 nitrogen and oxygen atoms in total. The highest BCUT2D eigenvalue weighted by atomic mass is 32.2. The number of amides is 5. The van der Waals surface area contributed by atoms with Crippen molar-refractivity contribution in [3.8, 4) is 34.5 Å². The second kappa shape index (κ2) is 22.2. The van der Waals surface area contributed by atoms with Gasteiger partial charge in [-0.05, 0) is 67.8 Å². The number of ether oxygens (including phenoxy) is 5. The second-order valence-corrected chi connectivity index (χ2v) is 18.3. The highest BCUT2D eigenvalue weighted by Gasteiger charge is 2.45. The van der Waals surface area contributed by atoms with Crippen LogP contribution in [0.3, 0.4) is 0 Å². The van der Waals surface area contributed by atoms with Crippen molar-refractivity contribution < 1.29 is 61.2 Å². The van der Waals surface area contributed by atoms with Crippen molar-refractivity contribution in [1.29, 1.82) is 0 Å². The summed E-state index contributed by atoms with van der Waals surface area (Å²) in [7, 11) is 1.84. The summed E-state index contributed by atoms with van der Waals surface area (Å²) >= 11 is 0. The molecule has 0 spiro atoms. The molecule has 22 heteroatoms. The van der Waals surface area contributed by atoms with E-state index in [-0.39, 0.29) is 82.5 Å². The number of piperidine rings is 1. The monoisotopic (exact) mass is 985 g/mol. The Morgan fingerprint density at radius 2 is 1.34 bits per heavy atom. The number of nitrogens with one attached hydrogen (secondary N) is 4. The van der Waals surface area contributed by atoms with Gasteiger partial charge in [-0.15, -0.1) is 0 Å². The minimum absolute atomic E-state index is 0.0414. The maximum atomic E-state index is 13.6. The predicted octanol–water partition coefficient (Wildman–Crippen LogP) is 3.77. The van der Waals surface area contributed by atoms with Crippen molar-refractivity contribution in [3.05, 3.63) is 94.4 Å². The van der Waals surface area contributed by atoms with Gasteiger partial charge in [-0.2, -0.15) is 0 Å². The Morgan fingerprint density at radius 3 is 1.99 bits per heavy atom. The highest BCUT2D eigenvalue weighted by Crippen LogP contribution is 2.40. The number of aryl methyl sites for hydroxylation is 2. The molecule has 4 aromatic carbocycles. The zero-order valence-corrected chi connectivity index (χ0v) is 39.9. The van der Waals surface area contributed by atoms with Gasteiger partial charge >= 0.3 is 5.69 Å². The second-order valence-electron chi connectivity index (χ2n) is 16.6. The van der Waals surface area contributed by atoms with Gasteiger partial charge in [0, 0.05) is 51.3 Å². The molecule has 5 N–H and O–H groups in total. The van der Waals surface area contributed by atoms with Crippen molar-refractivity contribution in [2.45, 2.75) is 68.5 Å². The Kier molecular flexibility index (Phi) is 16.0. The molecule has 2 atom stereocenters. The van der Waals surface area contributed by atoms with Crippen LogP contribution in [0.15, 0.2) is 82.5 Å². The number of imidazole rings is 1. The third-order valence-corrected chi connectivity index (χ3v) is 13.3. The number of anilines is 1.